The van der Waals surface area contributed by atoms with E-state index in [1.54, 1.807) is 45.2 Å². The van der Waals surface area contributed by atoms with Gasteiger partial charge >= 0.3 is 5.97 Å². The van der Waals surface area contributed by atoms with Crippen LogP contribution in [0.5, 0.6) is 0 Å². The van der Waals surface area contributed by atoms with E-state index in [9.17, 15) is 9.59 Å². The van der Waals surface area contributed by atoms with Gasteiger partial charge in [0.2, 0.25) is 0 Å². The molecule has 0 aromatic heterocycles. The van der Waals surface area contributed by atoms with Crippen LogP contribution in [0.2, 0.25) is 5.02 Å². The molecular weight excluding hydrogens is 388 g/mol. The Hall–Kier alpha value is -1.65. The third-order valence-electron chi connectivity index (χ3n) is 2.56. The number of methoxy groups -OCH3 is 1. The summed E-state index contributed by atoms with van der Waals surface area (Å²) < 4.78 is 9.71. The van der Waals surface area contributed by atoms with E-state index in [1.165, 1.54) is 13.0 Å². The molecule has 1 rings (SSSR count). The number of esters is 1. The van der Waals surface area contributed by atoms with Crippen molar-refractivity contribution in [2.45, 2.75) is 81.8 Å². The standard InChI is InChI=1S/C14H15ClO3.C4H10O.3C2H6/c1-9(2)18-14(17)12(10(3)16)8-11-6-4-5-7-13(11)15;1-3-4-5-2;3*1-2/h4-9H,1-3H3;3-4H2,1-2H3;3*1-2H3/b12-8+;;;;. The van der Waals surface area contributed by atoms with Crippen molar-refractivity contribution < 1.29 is 19.1 Å². The molecule has 0 aliphatic carbocycles. The maximum Gasteiger partial charge on any atom is 0.342 e. The molecular formula is C24H43ClO4. The van der Waals surface area contributed by atoms with Crippen LogP contribution < -0.4 is 0 Å². The van der Waals surface area contributed by atoms with Crippen molar-refractivity contribution in [3.63, 3.8) is 0 Å². The van der Waals surface area contributed by atoms with Gasteiger partial charge in [0.25, 0.3) is 0 Å². The molecule has 4 nitrogen and oxygen atoms in total. The minimum Gasteiger partial charge on any atom is -0.459 e. The van der Waals surface area contributed by atoms with Gasteiger partial charge < -0.3 is 9.47 Å². The summed E-state index contributed by atoms with van der Waals surface area (Å²) in [5.41, 5.74) is 0.613. The molecule has 170 valence electrons. The van der Waals surface area contributed by atoms with E-state index in [0.29, 0.717) is 10.6 Å². The first-order valence-electron chi connectivity index (χ1n) is 10.5. The summed E-state index contributed by atoms with van der Waals surface area (Å²) in [6.07, 6.45) is 2.30. The normalized spacial score (nSPS) is 9.21. The Morgan fingerprint density at radius 1 is 1.03 bits per heavy atom. The Labute approximate surface area is 184 Å². The topological polar surface area (TPSA) is 52.6 Å². The largest absolute Gasteiger partial charge is 0.459 e. The van der Waals surface area contributed by atoms with Gasteiger partial charge in [-0.15, -0.1) is 0 Å². The molecule has 5 heteroatoms. The molecule has 0 saturated heterocycles. The lowest BCUT2D eigenvalue weighted by atomic mass is 10.1. The molecule has 0 radical (unpaired) electrons. The predicted molar refractivity (Wildman–Crippen MR) is 128 cm³/mol. The van der Waals surface area contributed by atoms with Crippen molar-refractivity contribution >= 4 is 29.4 Å². The molecule has 0 unspecified atom stereocenters. The van der Waals surface area contributed by atoms with Gasteiger partial charge in [-0.1, -0.05) is 78.3 Å². The van der Waals surface area contributed by atoms with Crippen LogP contribution in [0.3, 0.4) is 0 Å². The molecule has 0 spiro atoms. The van der Waals surface area contributed by atoms with E-state index in [0.717, 1.165) is 13.0 Å². The maximum atomic E-state index is 11.8. The zero-order chi connectivity index (χ0) is 23.8. The number of halogens is 1. The second-order valence-corrected chi connectivity index (χ2v) is 5.49. The van der Waals surface area contributed by atoms with Gasteiger partial charge in [0.05, 0.1) is 6.10 Å². The molecule has 0 heterocycles. The fraction of sp³-hybridized carbons (Fsp3) is 0.583. The molecule has 0 saturated carbocycles. The van der Waals surface area contributed by atoms with Gasteiger partial charge in [-0.05, 0) is 44.9 Å². The van der Waals surface area contributed by atoms with Crippen LogP contribution in [-0.4, -0.2) is 31.6 Å². The van der Waals surface area contributed by atoms with Gasteiger partial charge in [-0.3, -0.25) is 4.79 Å². The highest BCUT2D eigenvalue weighted by Crippen LogP contribution is 2.19. The molecule has 0 bridgehead atoms. The van der Waals surface area contributed by atoms with Crippen molar-refractivity contribution in [3.05, 3.63) is 40.4 Å². The summed E-state index contributed by atoms with van der Waals surface area (Å²) in [6, 6.07) is 6.98. The number of Topliss-reactive ketones (excluding diaryl/α,β-unsaturated/α-hetero) is 1. The fourth-order valence-electron chi connectivity index (χ4n) is 1.53. The van der Waals surface area contributed by atoms with Crippen LogP contribution in [0.15, 0.2) is 29.8 Å². The summed E-state index contributed by atoms with van der Waals surface area (Å²) >= 11 is 5.98. The molecule has 0 fully saturated rings. The Morgan fingerprint density at radius 2 is 1.52 bits per heavy atom. The highest BCUT2D eigenvalue weighted by atomic mass is 35.5. The van der Waals surface area contributed by atoms with E-state index in [2.05, 4.69) is 6.92 Å². The predicted octanol–water partition coefficient (Wildman–Crippen LogP) is 7.39. The highest BCUT2D eigenvalue weighted by Gasteiger charge is 2.17. The van der Waals surface area contributed by atoms with Gasteiger partial charge in [0, 0.05) is 18.7 Å². The SMILES string of the molecule is CC.CC.CC.CC(=O)/C(=C\c1ccccc1Cl)C(=O)OC(C)C.CCCOC. The van der Waals surface area contributed by atoms with Crippen LogP contribution >= 0.6 is 11.6 Å². The fourth-order valence-corrected chi connectivity index (χ4v) is 1.72. The molecule has 29 heavy (non-hydrogen) atoms. The first-order valence-corrected chi connectivity index (χ1v) is 10.9. The average molecular weight is 431 g/mol. The number of ether oxygens (including phenoxy) is 2. The summed E-state index contributed by atoms with van der Waals surface area (Å²) in [5.74, 6) is -0.974. The Morgan fingerprint density at radius 3 is 1.83 bits per heavy atom. The van der Waals surface area contributed by atoms with Crippen molar-refractivity contribution in [1.82, 2.24) is 0 Å². The first-order chi connectivity index (χ1) is 13.8. The molecule has 0 N–H and O–H groups in total. The van der Waals surface area contributed by atoms with Crippen molar-refractivity contribution in [3.8, 4) is 0 Å². The van der Waals surface area contributed by atoms with Crippen LogP contribution in [-0.2, 0) is 19.1 Å². The smallest absolute Gasteiger partial charge is 0.342 e. The van der Waals surface area contributed by atoms with Crippen LogP contribution in [0.4, 0.5) is 0 Å². The number of hydrogen-bond acceptors (Lipinski definition) is 4. The molecule has 1 aromatic carbocycles. The van der Waals surface area contributed by atoms with Gasteiger partial charge in [-0.25, -0.2) is 4.79 Å². The quantitative estimate of drug-likeness (QED) is 0.204. The lowest BCUT2D eigenvalue weighted by Crippen LogP contribution is -2.17. The van der Waals surface area contributed by atoms with E-state index in [4.69, 9.17) is 21.1 Å². The first kappa shape index (κ1) is 34.8. The van der Waals surface area contributed by atoms with E-state index in [-0.39, 0.29) is 17.5 Å². The van der Waals surface area contributed by atoms with Crippen LogP contribution in [0.1, 0.15) is 81.2 Å². The number of hydrogen-bond donors (Lipinski definition) is 0. The summed E-state index contributed by atoms with van der Waals surface area (Å²) in [4.78, 5) is 23.2. The minimum atomic E-state index is -0.627. The molecule has 0 atom stereocenters. The zero-order valence-corrected chi connectivity index (χ0v) is 21.1. The van der Waals surface area contributed by atoms with Crippen LogP contribution in [0, 0.1) is 0 Å². The third-order valence-corrected chi connectivity index (χ3v) is 2.90. The summed E-state index contributed by atoms with van der Waals surface area (Å²) in [7, 11) is 1.71. The number of ketones is 1. The Balaban J connectivity index is -0.000000239. The summed E-state index contributed by atoms with van der Waals surface area (Å²) in [6.45, 7) is 19.8. The third kappa shape index (κ3) is 20.9. The number of rotatable bonds is 6. The zero-order valence-electron chi connectivity index (χ0n) is 20.4. The number of benzene rings is 1. The average Bonchev–Trinajstić information content (AvgIpc) is 2.72. The molecule has 0 aliphatic rings. The minimum absolute atomic E-state index is 0.00296. The van der Waals surface area contributed by atoms with Crippen molar-refractivity contribution in [1.29, 1.82) is 0 Å². The van der Waals surface area contributed by atoms with Gasteiger partial charge in [-0.2, -0.15) is 0 Å². The maximum absolute atomic E-state index is 11.8. The van der Waals surface area contributed by atoms with Crippen molar-refractivity contribution in [2.24, 2.45) is 0 Å². The lowest BCUT2D eigenvalue weighted by molar-refractivity contribution is -0.143. The Bertz CT molecular complexity index is 535. The van der Waals surface area contributed by atoms with E-state index >= 15 is 0 Å². The Kier molecular flexibility index (Phi) is 31.6. The highest BCUT2D eigenvalue weighted by molar-refractivity contribution is 6.32. The van der Waals surface area contributed by atoms with Gasteiger partial charge in [0.1, 0.15) is 5.57 Å². The van der Waals surface area contributed by atoms with Crippen LogP contribution in [0.25, 0.3) is 6.08 Å². The monoisotopic (exact) mass is 430 g/mol. The second-order valence-electron chi connectivity index (χ2n) is 5.08. The number of carbonyl (C=O) groups is 2. The van der Waals surface area contributed by atoms with E-state index in [1.807, 2.05) is 41.5 Å². The summed E-state index contributed by atoms with van der Waals surface area (Å²) in [5, 5.41) is 0.480. The molecule has 0 amide bonds. The lowest BCUT2D eigenvalue weighted by Gasteiger charge is -2.09. The second kappa shape index (κ2) is 26.4. The molecule has 1 aromatic rings. The number of carbonyl (C=O) groups excluding carboxylic acids is 2. The van der Waals surface area contributed by atoms with Gasteiger partial charge in [0.15, 0.2) is 5.78 Å². The van der Waals surface area contributed by atoms with Crippen molar-refractivity contribution in [2.75, 3.05) is 13.7 Å². The molecule has 0 aliphatic heterocycles. The van der Waals surface area contributed by atoms with E-state index < -0.39 is 5.97 Å².